The van der Waals surface area contributed by atoms with E-state index in [4.69, 9.17) is 4.18 Å². The lowest BCUT2D eigenvalue weighted by Gasteiger charge is -2.43. The fourth-order valence-corrected chi connectivity index (χ4v) is 2.77. The fraction of sp³-hybridized carbons (Fsp3) is 0.714. The minimum absolute atomic E-state index is 0.154. The maximum atomic E-state index is 13.3. The molecule has 1 rings (SSSR count). The average molecular weight is 361 g/mol. The van der Waals surface area contributed by atoms with E-state index in [1.54, 1.807) is 6.07 Å². The molecule has 0 saturated heterocycles. The molecule has 0 heterocycles. The Labute approximate surface area is 152 Å². The summed E-state index contributed by atoms with van der Waals surface area (Å²) in [5.41, 5.74) is 2.25. The first kappa shape index (κ1) is 25.7. The summed E-state index contributed by atoms with van der Waals surface area (Å²) in [5.74, 6) is 0.167. The summed E-state index contributed by atoms with van der Waals surface area (Å²) in [6, 6.07) is 5.03. The summed E-state index contributed by atoms with van der Waals surface area (Å²) >= 11 is 0. The second kappa shape index (κ2) is 11.9. The molecule has 0 aliphatic carbocycles. The van der Waals surface area contributed by atoms with Crippen molar-refractivity contribution in [1.29, 1.82) is 0 Å². The third-order valence-electron chi connectivity index (χ3n) is 4.18. The van der Waals surface area contributed by atoms with Crippen molar-refractivity contribution >= 4 is 10.3 Å². The van der Waals surface area contributed by atoms with Crippen molar-refractivity contribution in [3.8, 4) is 0 Å². The lowest BCUT2D eigenvalue weighted by molar-refractivity contribution is 0.329. The van der Waals surface area contributed by atoms with Gasteiger partial charge in [0.05, 0.1) is 6.61 Å². The van der Waals surface area contributed by atoms with Crippen LogP contribution in [0.2, 0.25) is 0 Å². The molecule has 1 nitrogen and oxygen atoms in total. The monoisotopic (exact) mass is 360 g/mol. The lowest BCUT2D eigenvalue weighted by Crippen LogP contribution is -2.25. The summed E-state index contributed by atoms with van der Waals surface area (Å²) in [5, 5.41) is 0. The van der Waals surface area contributed by atoms with E-state index in [1.807, 2.05) is 40.7 Å². The predicted molar refractivity (Wildman–Crippen MR) is 112 cm³/mol. The smallest absolute Gasteiger partial charge is 0.123 e. The molecule has 0 spiro atoms. The van der Waals surface area contributed by atoms with Crippen LogP contribution in [0.25, 0.3) is 0 Å². The first-order chi connectivity index (χ1) is 11.0. The zero-order valence-electron chi connectivity index (χ0n) is 17.9. The van der Waals surface area contributed by atoms with Crippen LogP contribution in [-0.4, -0.2) is 23.9 Å². The molecule has 0 aliphatic rings. The number of hydrogen-bond acceptors (Lipinski definition) is 1. The Bertz CT molecular complexity index is 450. The van der Waals surface area contributed by atoms with Crippen LogP contribution < -0.4 is 0 Å². The molecule has 144 valence electrons. The van der Waals surface area contributed by atoms with E-state index in [0.717, 1.165) is 24.2 Å². The molecule has 0 saturated carbocycles. The molecule has 0 radical (unpaired) electrons. The van der Waals surface area contributed by atoms with E-state index >= 15 is 0 Å². The van der Waals surface area contributed by atoms with E-state index in [2.05, 4.69) is 40.2 Å². The van der Waals surface area contributed by atoms with Crippen molar-refractivity contribution in [2.45, 2.75) is 79.4 Å². The highest BCUT2D eigenvalue weighted by atomic mass is 32.3. The van der Waals surface area contributed by atoms with E-state index in [0.29, 0.717) is 5.92 Å². The Balaban J connectivity index is 0. The van der Waals surface area contributed by atoms with Gasteiger partial charge in [0.2, 0.25) is 0 Å². The first-order valence-electron chi connectivity index (χ1n) is 9.18. The van der Waals surface area contributed by atoms with Crippen LogP contribution in [0.1, 0.15) is 78.9 Å². The number of hydrogen-bond donors (Lipinski definition) is 0. The summed E-state index contributed by atoms with van der Waals surface area (Å²) in [4.78, 5) is 0. The molecule has 0 fully saturated rings. The molecule has 0 N–H and O–H groups in total. The lowest BCUT2D eigenvalue weighted by atomic mass is 9.94. The molecule has 24 heavy (non-hydrogen) atoms. The minimum atomic E-state index is -1.07. The van der Waals surface area contributed by atoms with Crippen LogP contribution in [0.4, 0.5) is 4.39 Å². The number of aryl methyl sites for hydroxylation is 1. The third-order valence-corrected chi connectivity index (χ3v) is 7.88. The number of halogens is 1. The quantitative estimate of drug-likeness (QED) is 0.529. The van der Waals surface area contributed by atoms with Gasteiger partial charge in [0.25, 0.3) is 0 Å². The van der Waals surface area contributed by atoms with Crippen molar-refractivity contribution in [2.75, 3.05) is 19.1 Å². The van der Waals surface area contributed by atoms with Gasteiger partial charge in [-0.15, -0.1) is 10.3 Å². The van der Waals surface area contributed by atoms with E-state index < -0.39 is 10.3 Å². The Kier molecular flexibility index (Phi) is 12.8. The summed E-state index contributed by atoms with van der Waals surface area (Å²) in [7, 11) is -1.07. The highest BCUT2D eigenvalue weighted by Crippen LogP contribution is 2.53. The maximum Gasteiger partial charge on any atom is 0.123 e. The third kappa shape index (κ3) is 8.53. The molecule has 0 aliphatic heterocycles. The molecule has 3 heteroatoms. The average Bonchev–Trinajstić information content (AvgIpc) is 2.52. The second-order valence-corrected chi connectivity index (χ2v) is 10.8. The molecule has 1 aromatic rings. The predicted octanol–water partition coefficient (Wildman–Crippen LogP) is 7.47. The van der Waals surface area contributed by atoms with Gasteiger partial charge in [-0.2, -0.15) is 0 Å². The molecule has 1 unspecified atom stereocenters. The number of rotatable bonds is 5. The normalized spacial score (nSPS) is 13.2. The Hall–Kier alpha value is -0.540. The topological polar surface area (TPSA) is 9.23 Å². The van der Waals surface area contributed by atoms with Gasteiger partial charge < -0.3 is 4.18 Å². The largest absolute Gasteiger partial charge is 0.337 e. The van der Waals surface area contributed by atoms with Gasteiger partial charge in [-0.05, 0) is 55.0 Å². The van der Waals surface area contributed by atoms with Crippen molar-refractivity contribution < 1.29 is 8.57 Å². The van der Waals surface area contributed by atoms with Crippen LogP contribution in [0, 0.1) is 12.7 Å². The molecular formula is C21H41FOS. The van der Waals surface area contributed by atoms with Crippen molar-refractivity contribution in [3.63, 3.8) is 0 Å². The molecule has 0 amide bonds. The zero-order chi connectivity index (χ0) is 19.6. The maximum absolute atomic E-state index is 13.3. The zero-order valence-corrected chi connectivity index (χ0v) is 18.7. The number of benzene rings is 1. The summed E-state index contributed by atoms with van der Waals surface area (Å²) < 4.78 is 19.7. The van der Waals surface area contributed by atoms with Gasteiger partial charge in [0, 0.05) is 4.75 Å². The van der Waals surface area contributed by atoms with E-state index in [9.17, 15) is 4.39 Å². The Morgan fingerprint density at radius 1 is 1.08 bits per heavy atom. The van der Waals surface area contributed by atoms with Crippen molar-refractivity contribution in [2.24, 2.45) is 0 Å². The van der Waals surface area contributed by atoms with Gasteiger partial charge in [-0.1, -0.05) is 61.5 Å². The van der Waals surface area contributed by atoms with E-state index in [1.165, 1.54) is 6.07 Å². The van der Waals surface area contributed by atoms with Crippen LogP contribution in [0.3, 0.4) is 0 Å². The van der Waals surface area contributed by atoms with E-state index in [-0.39, 0.29) is 10.6 Å². The minimum Gasteiger partial charge on any atom is -0.337 e. The Morgan fingerprint density at radius 3 is 2.04 bits per heavy atom. The van der Waals surface area contributed by atoms with Crippen LogP contribution in [0.15, 0.2) is 18.2 Å². The molecule has 0 aromatic heterocycles. The SMILES string of the molecule is CC.CC.Cc1ccc(F)cc1C(C)CCOS(C)(C)C(C)(C)C. The van der Waals surface area contributed by atoms with Crippen LogP contribution >= 0.6 is 10.3 Å². The van der Waals surface area contributed by atoms with Gasteiger partial charge in [-0.25, -0.2) is 4.39 Å². The highest BCUT2D eigenvalue weighted by molar-refractivity contribution is 8.29. The summed E-state index contributed by atoms with van der Waals surface area (Å²) in [6.45, 7) is 19.6. The second-order valence-electron chi connectivity index (χ2n) is 6.86. The molecule has 1 aromatic carbocycles. The standard InChI is InChI=1S/C17H29FOS.2C2H6/c1-13-8-9-15(18)12-16(13)14(2)10-11-19-20(6,7)17(3,4)5;2*1-2/h8-9,12,14H,10-11H2,1-7H3;2*1-2H3. The van der Waals surface area contributed by atoms with Gasteiger partial charge in [-0.3, -0.25) is 0 Å². The van der Waals surface area contributed by atoms with Gasteiger partial charge >= 0.3 is 0 Å². The fourth-order valence-electron chi connectivity index (χ4n) is 1.91. The van der Waals surface area contributed by atoms with Crippen molar-refractivity contribution in [3.05, 3.63) is 35.1 Å². The first-order valence-corrected chi connectivity index (χ1v) is 11.6. The van der Waals surface area contributed by atoms with Gasteiger partial charge in [0.15, 0.2) is 0 Å². The molecular weight excluding hydrogens is 319 g/mol. The molecule has 1 atom stereocenters. The highest BCUT2D eigenvalue weighted by Gasteiger charge is 2.28. The van der Waals surface area contributed by atoms with Gasteiger partial charge in [0.1, 0.15) is 5.82 Å². The summed E-state index contributed by atoms with van der Waals surface area (Å²) in [6.07, 6.45) is 5.35. The van der Waals surface area contributed by atoms with Crippen molar-refractivity contribution in [1.82, 2.24) is 0 Å². The van der Waals surface area contributed by atoms with Crippen LogP contribution in [-0.2, 0) is 4.18 Å². The Morgan fingerprint density at radius 2 is 1.58 bits per heavy atom. The molecule has 0 bridgehead atoms. The van der Waals surface area contributed by atoms with Crippen LogP contribution in [0.5, 0.6) is 0 Å².